The second kappa shape index (κ2) is 8.78. The van der Waals surface area contributed by atoms with E-state index in [9.17, 15) is 9.59 Å². The van der Waals surface area contributed by atoms with Gasteiger partial charge in [-0.05, 0) is 48.2 Å². The highest BCUT2D eigenvalue weighted by atomic mass is 32.2. The van der Waals surface area contributed by atoms with Crippen molar-refractivity contribution < 1.29 is 19.1 Å². The van der Waals surface area contributed by atoms with Crippen LogP contribution in [0.4, 0.5) is 0 Å². The first-order chi connectivity index (χ1) is 15.0. The number of hydrogen-bond donors (Lipinski definition) is 1. The van der Waals surface area contributed by atoms with E-state index in [2.05, 4.69) is 9.39 Å². The standard InChI is InChI=1S/C21H16N4O4S2/c1-28-15-5-3-4-13(11-15)19(27)29-14-8-6-12(7-9-14)10-16-17(22)25-20(23-18(16)26)31-24-21(25)30-2/h3-11,22H,1-2H3/b16-10-,22-17?. The molecule has 2 heterocycles. The summed E-state index contributed by atoms with van der Waals surface area (Å²) in [6.07, 6.45) is 3.43. The second-order valence-electron chi connectivity index (χ2n) is 6.30. The van der Waals surface area contributed by atoms with Crippen molar-refractivity contribution in [2.24, 2.45) is 9.39 Å². The normalized spacial score (nSPS) is 16.7. The predicted molar refractivity (Wildman–Crippen MR) is 123 cm³/mol. The Morgan fingerprint density at radius 1 is 1.19 bits per heavy atom. The minimum absolute atomic E-state index is 0.0293. The van der Waals surface area contributed by atoms with Crippen LogP contribution in [0.15, 0.2) is 63.5 Å². The van der Waals surface area contributed by atoms with Crippen LogP contribution in [0.25, 0.3) is 6.08 Å². The number of carbonyl (C=O) groups is 2. The van der Waals surface area contributed by atoms with Crippen LogP contribution in [-0.4, -0.2) is 46.3 Å². The zero-order valence-corrected chi connectivity index (χ0v) is 18.1. The molecule has 0 radical (unpaired) electrons. The molecular weight excluding hydrogens is 436 g/mol. The van der Waals surface area contributed by atoms with Gasteiger partial charge < -0.3 is 9.47 Å². The van der Waals surface area contributed by atoms with E-state index in [4.69, 9.17) is 14.9 Å². The van der Waals surface area contributed by atoms with E-state index in [0.29, 0.717) is 33.0 Å². The molecule has 0 saturated heterocycles. The Morgan fingerprint density at radius 3 is 2.68 bits per heavy atom. The van der Waals surface area contributed by atoms with Crippen molar-refractivity contribution in [3.8, 4) is 11.5 Å². The maximum absolute atomic E-state index is 12.4. The smallest absolute Gasteiger partial charge is 0.343 e. The van der Waals surface area contributed by atoms with Crippen molar-refractivity contribution in [1.82, 2.24) is 4.90 Å². The number of methoxy groups -OCH3 is 1. The van der Waals surface area contributed by atoms with Crippen molar-refractivity contribution >= 4 is 57.8 Å². The molecule has 10 heteroatoms. The van der Waals surface area contributed by atoms with Gasteiger partial charge in [-0.25, -0.2) is 9.69 Å². The van der Waals surface area contributed by atoms with Gasteiger partial charge in [-0.15, -0.1) is 0 Å². The highest BCUT2D eigenvalue weighted by Crippen LogP contribution is 2.31. The molecule has 0 fully saturated rings. The van der Waals surface area contributed by atoms with Gasteiger partial charge in [0.1, 0.15) is 17.3 Å². The topological polar surface area (TPSA) is 104 Å². The third kappa shape index (κ3) is 4.25. The molecule has 2 aromatic carbocycles. The van der Waals surface area contributed by atoms with Crippen molar-refractivity contribution in [3.63, 3.8) is 0 Å². The van der Waals surface area contributed by atoms with E-state index in [0.717, 1.165) is 11.9 Å². The molecule has 2 aromatic rings. The number of hydrogen-bond acceptors (Lipinski definition) is 8. The van der Waals surface area contributed by atoms with Crippen LogP contribution in [0.5, 0.6) is 11.5 Å². The highest BCUT2D eigenvalue weighted by Gasteiger charge is 2.36. The number of nitrogens with one attached hydrogen (secondary N) is 1. The van der Waals surface area contributed by atoms with E-state index < -0.39 is 11.9 Å². The molecule has 1 amide bonds. The SMILES string of the molecule is COc1cccc(C(=O)Oc2ccc(/C=C3/C(=N)N4C(SC)=NSC4=NC3=O)cc2)c1. The number of aliphatic imine (C=N–C) groups is 1. The number of amides is 1. The lowest BCUT2D eigenvalue weighted by atomic mass is 10.1. The van der Waals surface area contributed by atoms with E-state index in [1.165, 1.54) is 18.9 Å². The molecule has 4 rings (SSSR count). The molecular formula is C21H16N4O4S2. The lowest BCUT2D eigenvalue weighted by molar-refractivity contribution is -0.114. The number of fused-ring (bicyclic) bond motifs is 1. The first-order valence-electron chi connectivity index (χ1n) is 8.99. The van der Waals surface area contributed by atoms with Crippen molar-refractivity contribution in [2.45, 2.75) is 0 Å². The van der Waals surface area contributed by atoms with Crippen LogP contribution in [0.3, 0.4) is 0 Å². The number of benzene rings is 2. The van der Waals surface area contributed by atoms with Crippen LogP contribution >= 0.6 is 23.7 Å². The lowest BCUT2D eigenvalue weighted by Gasteiger charge is -2.23. The zero-order chi connectivity index (χ0) is 22.0. The van der Waals surface area contributed by atoms with Crippen LogP contribution < -0.4 is 9.47 Å². The van der Waals surface area contributed by atoms with Crippen molar-refractivity contribution in [3.05, 3.63) is 65.2 Å². The summed E-state index contributed by atoms with van der Waals surface area (Å²) < 4.78 is 14.7. The van der Waals surface area contributed by atoms with E-state index >= 15 is 0 Å². The summed E-state index contributed by atoms with van der Waals surface area (Å²) in [5, 5.41) is 9.41. The fourth-order valence-electron chi connectivity index (χ4n) is 2.85. The molecule has 0 aromatic heterocycles. The van der Waals surface area contributed by atoms with Crippen LogP contribution in [0.1, 0.15) is 15.9 Å². The molecule has 156 valence electrons. The van der Waals surface area contributed by atoms with Gasteiger partial charge >= 0.3 is 5.97 Å². The number of esters is 1. The first kappa shape index (κ1) is 20.9. The molecule has 0 aliphatic carbocycles. The van der Waals surface area contributed by atoms with Crippen LogP contribution in [0, 0.1) is 5.41 Å². The molecule has 0 spiro atoms. The Kier molecular flexibility index (Phi) is 5.92. The number of amidine groups is 3. The maximum atomic E-state index is 12.4. The summed E-state index contributed by atoms with van der Waals surface area (Å²) in [7, 11) is 1.53. The Hall–Kier alpha value is -3.37. The van der Waals surface area contributed by atoms with Gasteiger partial charge in [-0.3, -0.25) is 10.2 Å². The number of ether oxygens (including phenoxy) is 2. The Labute approximate surface area is 186 Å². The van der Waals surface area contributed by atoms with Crippen LogP contribution in [0.2, 0.25) is 0 Å². The van der Waals surface area contributed by atoms with Crippen molar-refractivity contribution in [2.75, 3.05) is 13.4 Å². The fourth-order valence-corrected chi connectivity index (χ4v) is 4.30. The largest absolute Gasteiger partial charge is 0.497 e. The molecule has 2 aliphatic heterocycles. The molecule has 31 heavy (non-hydrogen) atoms. The number of rotatable bonds is 4. The quantitative estimate of drug-likeness (QED) is 0.325. The fraction of sp³-hybridized carbons (Fsp3) is 0.0952. The summed E-state index contributed by atoms with van der Waals surface area (Å²) in [4.78, 5) is 30.3. The van der Waals surface area contributed by atoms with Gasteiger partial charge in [0, 0.05) is 0 Å². The molecule has 8 nitrogen and oxygen atoms in total. The van der Waals surface area contributed by atoms with E-state index in [1.807, 2.05) is 6.26 Å². The Morgan fingerprint density at radius 2 is 1.97 bits per heavy atom. The Balaban J connectivity index is 1.51. The van der Waals surface area contributed by atoms with Gasteiger partial charge in [0.25, 0.3) is 5.91 Å². The average molecular weight is 453 g/mol. The zero-order valence-electron chi connectivity index (χ0n) is 16.5. The Bertz CT molecular complexity index is 1170. The third-order valence-electron chi connectivity index (χ3n) is 4.38. The summed E-state index contributed by atoms with van der Waals surface area (Å²) >= 11 is 2.46. The highest BCUT2D eigenvalue weighted by molar-refractivity contribution is 8.18. The number of nitrogens with zero attached hydrogens (tertiary/aromatic N) is 3. The van der Waals surface area contributed by atoms with Gasteiger partial charge in [-0.2, -0.15) is 9.39 Å². The van der Waals surface area contributed by atoms with Gasteiger partial charge in [0.05, 0.1) is 30.2 Å². The summed E-state index contributed by atoms with van der Waals surface area (Å²) in [6.45, 7) is 0. The number of thioether (sulfide) groups is 1. The summed E-state index contributed by atoms with van der Waals surface area (Å²) in [5.74, 6) is -0.0519. The third-order valence-corrected chi connectivity index (χ3v) is 5.84. The second-order valence-corrected chi connectivity index (χ2v) is 7.81. The van der Waals surface area contributed by atoms with E-state index in [1.54, 1.807) is 59.5 Å². The maximum Gasteiger partial charge on any atom is 0.343 e. The monoisotopic (exact) mass is 452 g/mol. The van der Waals surface area contributed by atoms with Gasteiger partial charge in [0.15, 0.2) is 5.17 Å². The first-order valence-corrected chi connectivity index (χ1v) is 11.0. The summed E-state index contributed by atoms with van der Waals surface area (Å²) in [6, 6.07) is 13.3. The van der Waals surface area contributed by atoms with Crippen molar-refractivity contribution in [1.29, 1.82) is 5.41 Å². The molecule has 0 bridgehead atoms. The van der Waals surface area contributed by atoms with Crippen LogP contribution in [-0.2, 0) is 4.79 Å². The minimum Gasteiger partial charge on any atom is -0.497 e. The predicted octanol–water partition coefficient (Wildman–Crippen LogP) is 3.85. The average Bonchev–Trinajstić information content (AvgIpc) is 3.20. The number of carbonyl (C=O) groups excluding carboxylic acids is 2. The molecule has 1 N–H and O–H groups in total. The summed E-state index contributed by atoms with van der Waals surface area (Å²) in [5.41, 5.74) is 1.20. The molecule has 0 unspecified atom stereocenters. The molecule has 2 aliphatic rings. The van der Waals surface area contributed by atoms with E-state index in [-0.39, 0.29) is 11.4 Å². The lowest BCUT2D eigenvalue weighted by Crippen LogP contribution is -2.41. The molecule has 0 atom stereocenters. The molecule has 0 saturated carbocycles. The van der Waals surface area contributed by atoms with Gasteiger partial charge in [-0.1, -0.05) is 30.0 Å². The minimum atomic E-state index is -0.508. The van der Waals surface area contributed by atoms with Gasteiger partial charge in [0.2, 0.25) is 5.17 Å².